The first kappa shape index (κ1) is 15.8. The zero-order valence-electron chi connectivity index (χ0n) is 13.6. The molecule has 4 nitrogen and oxygen atoms in total. The fourth-order valence-electron chi connectivity index (χ4n) is 2.69. The number of piperazine rings is 1. The van der Waals surface area contributed by atoms with E-state index in [0.29, 0.717) is 6.04 Å². The molecular weight excluding hydrogens is 262 g/mol. The highest BCUT2D eigenvalue weighted by Crippen LogP contribution is 2.19. The first-order valence-electron chi connectivity index (χ1n) is 7.87. The molecule has 1 aromatic rings. The summed E-state index contributed by atoms with van der Waals surface area (Å²) >= 11 is 0. The van der Waals surface area contributed by atoms with Crippen molar-refractivity contribution in [1.82, 2.24) is 10.2 Å². The van der Waals surface area contributed by atoms with Crippen LogP contribution in [0.5, 0.6) is 0 Å². The summed E-state index contributed by atoms with van der Waals surface area (Å²) in [4.78, 5) is 17.0. The SMILES string of the molecule is CC(C)NC(=O)c1cccc(N2CCN(C(C)C)CC2)c1. The maximum absolute atomic E-state index is 12.1. The molecule has 0 radical (unpaired) electrons. The molecule has 0 saturated carbocycles. The summed E-state index contributed by atoms with van der Waals surface area (Å²) in [6.07, 6.45) is 0. The van der Waals surface area contributed by atoms with Gasteiger partial charge in [0.1, 0.15) is 0 Å². The van der Waals surface area contributed by atoms with Gasteiger partial charge in [0.15, 0.2) is 0 Å². The Morgan fingerprint density at radius 2 is 1.76 bits per heavy atom. The van der Waals surface area contributed by atoms with Gasteiger partial charge in [-0.05, 0) is 45.9 Å². The van der Waals surface area contributed by atoms with Crippen LogP contribution < -0.4 is 10.2 Å². The molecule has 0 aliphatic carbocycles. The zero-order chi connectivity index (χ0) is 15.4. The first-order chi connectivity index (χ1) is 9.97. The third kappa shape index (κ3) is 4.21. The first-order valence-corrected chi connectivity index (χ1v) is 7.87. The zero-order valence-corrected chi connectivity index (χ0v) is 13.6. The van der Waals surface area contributed by atoms with Gasteiger partial charge in [-0.2, -0.15) is 0 Å². The second-order valence-electron chi connectivity index (χ2n) is 6.30. The van der Waals surface area contributed by atoms with Crippen LogP contribution in [-0.2, 0) is 0 Å². The molecule has 1 aliphatic heterocycles. The predicted molar refractivity (Wildman–Crippen MR) is 88.0 cm³/mol. The van der Waals surface area contributed by atoms with Gasteiger partial charge in [0.05, 0.1) is 0 Å². The average Bonchev–Trinajstić information content (AvgIpc) is 2.47. The molecule has 1 fully saturated rings. The molecule has 1 amide bonds. The van der Waals surface area contributed by atoms with E-state index in [4.69, 9.17) is 0 Å². The maximum Gasteiger partial charge on any atom is 0.251 e. The Balaban J connectivity index is 2.03. The minimum absolute atomic E-state index is 0.00710. The van der Waals surface area contributed by atoms with Crippen LogP contribution >= 0.6 is 0 Å². The summed E-state index contributed by atoms with van der Waals surface area (Å²) in [5.74, 6) is 0.00710. The van der Waals surface area contributed by atoms with E-state index in [1.54, 1.807) is 0 Å². The fraction of sp³-hybridized carbons (Fsp3) is 0.588. The van der Waals surface area contributed by atoms with Gasteiger partial charge in [-0.15, -0.1) is 0 Å². The standard InChI is InChI=1S/C17H27N3O/c1-13(2)18-17(21)15-6-5-7-16(12-15)20-10-8-19(9-11-20)14(3)4/h5-7,12-14H,8-11H2,1-4H3,(H,18,21). The number of rotatable bonds is 4. The molecule has 4 heteroatoms. The number of nitrogens with zero attached hydrogens (tertiary/aromatic N) is 2. The molecular formula is C17H27N3O. The van der Waals surface area contributed by atoms with Crippen LogP contribution in [0.25, 0.3) is 0 Å². The topological polar surface area (TPSA) is 35.6 Å². The lowest BCUT2D eigenvalue weighted by Gasteiger charge is -2.38. The van der Waals surface area contributed by atoms with Crippen molar-refractivity contribution in [3.8, 4) is 0 Å². The highest BCUT2D eigenvalue weighted by atomic mass is 16.1. The molecule has 2 rings (SSSR count). The minimum Gasteiger partial charge on any atom is -0.369 e. The molecule has 0 atom stereocenters. The van der Waals surface area contributed by atoms with Crippen LogP contribution in [0.4, 0.5) is 5.69 Å². The molecule has 21 heavy (non-hydrogen) atoms. The van der Waals surface area contributed by atoms with E-state index < -0.39 is 0 Å². The van der Waals surface area contributed by atoms with Gasteiger partial charge in [-0.25, -0.2) is 0 Å². The van der Waals surface area contributed by atoms with Gasteiger partial charge in [-0.3, -0.25) is 9.69 Å². The number of carbonyl (C=O) groups excluding carboxylic acids is 1. The lowest BCUT2D eigenvalue weighted by molar-refractivity contribution is 0.0943. The van der Waals surface area contributed by atoms with E-state index in [1.165, 1.54) is 0 Å². The second kappa shape index (κ2) is 6.94. The third-order valence-electron chi connectivity index (χ3n) is 3.94. The van der Waals surface area contributed by atoms with Crippen LogP contribution in [0, 0.1) is 0 Å². The molecule has 116 valence electrons. The van der Waals surface area contributed by atoms with Crippen molar-refractivity contribution in [2.75, 3.05) is 31.1 Å². The second-order valence-corrected chi connectivity index (χ2v) is 6.30. The van der Waals surface area contributed by atoms with Crippen molar-refractivity contribution in [3.63, 3.8) is 0 Å². The van der Waals surface area contributed by atoms with E-state index >= 15 is 0 Å². The van der Waals surface area contributed by atoms with Gasteiger partial charge < -0.3 is 10.2 Å². The fourth-order valence-corrected chi connectivity index (χ4v) is 2.69. The molecule has 0 spiro atoms. The van der Waals surface area contributed by atoms with Crippen LogP contribution in [0.3, 0.4) is 0 Å². The number of benzene rings is 1. The number of amides is 1. The van der Waals surface area contributed by atoms with Crippen LogP contribution in [0.1, 0.15) is 38.1 Å². The molecule has 0 aromatic heterocycles. The van der Waals surface area contributed by atoms with E-state index in [9.17, 15) is 4.79 Å². The average molecular weight is 289 g/mol. The van der Waals surface area contributed by atoms with Gasteiger partial charge >= 0.3 is 0 Å². The maximum atomic E-state index is 12.1. The van der Waals surface area contributed by atoms with Crippen LogP contribution in [-0.4, -0.2) is 49.1 Å². The summed E-state index contributed by atoms with van der Waals surface area (Å²) in [6, 6.07) is 8.72. The molecule has 1 N–H and O–H groups in total. The number of carbonyl (C=O) groups is 1. The summed E-state index contributed by atoms with van der Waals surface area (Å²) in [5, 5.41) is 2.95. The number of nitrogens with one attached hydrogen (secondary N) is 1. The van der Waals surface area contributed by atoms with E-state index in [0.717, 1.165) is 37.4 Å². The molecule has 0 bridgehead atoms. The molecule has 1 aliphatic rings. The molecule has 1 aromatic carbocycles. The number of hydrogen-bond acceptors (Lipinski definition) is 3. The Morgan fingerprint density at radius 1 is 1.10 bits per heavy atom. The minimum atomic E-state index is 0.00710. The lowest BCUT2D eigenvalue weighted by Crippen LogP contribution is -2.48. The van der Waals surface area contributed by atoms with Crippen molar-refractivity contribution < 1.29 is 4.79 Å². The number of anilines is 1. The van der Waals surface area contributed by atoms with Gasteiger partial charge in [0.25, 0.3) is 5.91 Å². The summed E-state index contributed by atoms with van der Waals surface area (Å²) < 4.78 is 0. The molecule has 1 saturated heterocycles. The van der Waals surface area contributed by atoms with Gasteiger partial charge in [-0.1, -0.05) is 6.07 Å². The van der Waals surface area contributed by atoms with E-state index in [-0.39, 0.29) is 11.9 Å². The van der Waals surface area contributed by atoms with Crippen molar-refractivity contribution >= 4 is 11.6 Å². The van der Waals surface area contributed by atoms with Gasteiger partial charge in [0.2, 0.25) is 0 Å². The van der Waals surface area contributed by atoms with Crippen molar-refractivity contribution in [2.24, 2.45) is 0 Å². The highest BCUT2D eigenvalue weighted by Gasteiger charge is 2.19. The highest BCUT2D eigenvalue weighted by molar-refractivity contribution is 5.95. The lowest BCUT2D eigenvalue weighted by atomic mass is 10.1. The Hall–Kier alpha value is -1.55. The van der Waals surface area contributed by atoms with Crippen LogP contribution in [0.2, 0.25) is 0 Å². The summed E-state index contributed by atoms with van der Waals surface area (Å²) in [7, 11) is 0. The number of hydrogen-bond donors (Lipinski definition) is 1. The predicted octanol–water partition coefficient (Wildman–Crippen LogP) is 2.36. The monoisotopic (exact) mass is 289 g/mol. The normalized spacial score (nSPS) is 16.6. The van der Waals surface area contributed by atoms with Crippen LogP contribution in [0.15, 0.2) is 24.3 Å². The Labute approximate surface area is 128 Å². The van der Waals surface area contributed by atoms with E-state index in [1.807, 2.05) is 32.0 Å². The van der Waals surface area contributed by atoms with Gasteiger partial charge in [0, 0.05) is 49.5 Å². The quantitative estimate of drug-likeness (QED) is 0.924. The Bertz CT molecular complexity index is 477. The Kier molecular flexibility index (Phi) is 5.23. The summed E-state index contributed by atoms with van der Waals surface area (Å²) in [6.45, 7) is 12.7. The molecule has 0 unspecified atom stereocenters. The largest absolute Gasteiger partial charge is 0.369 e. The van der Waals surface area contributed by atoms with Crippen molar-refractivity contribution in [3.05, 3.63) is 29.8 Å². The van der Waals surface area contributed by atoms with Crippen molar-refractivity contribution in [2.45, 2.75) is 39.8 Å². The third-order valence-corrected chi connectivity index (χ3v) is 3.94. The Morgan fingerprint density at radius 3 is 2.33 bits per heavy atom. The van der Waals surface area contributed by atoms with Crippen molar-refractivity contribution in [1.29, 1.82) is 0 Å². The molecule has 1 heterocycles. The smallest absolute Gasteiger partial charge is 0.251 e. The van der Waals surface area contributed by atoms with E-state index in [2.05, 4.69) is 35.0 Å². The summed E-state index contributed by atoms with van der Waals surface area (Å²) in [5.41, 5.74) is 1.89.